The monoisotopic (exact) mass is 365 g/mol. The SMILES string of the molecule is CCC(CNC(=O)CS(=O)(=O)c1ccc(Cl)cc1)c1ccccc1. The fourth-order valence-corrected chi connectivity index (χ4v) is 3.70. The molecule has 24 heavy (non-hydrogen) atoms. The van der Waals surface area contributed by atoms with Crippen molar-refractivity contribution in [3.8, 4) is 0 Å². The predicted octanol–water partition coefficient (Wildman–Crippen LogP) is 3.42. The van der Waals surface area contributed by atoms with E-state index in [0.29, 0.717) is 11.6 Å². The first-order valence-corrected chi connectivity index (χ1v) is 9.75. The lowest BCUT2D eigenvalue weighted by molar-refractivity contribution is -0.118. The highest BCUT2D eigenvalue weighted by Gasteiger charge is 2.20. The maximum Gasteiger partial charge on any atom is 0.235 e. The zero-order chi connectivity index (χ0) is 17.6. The van der Waals surface area contributed by atoms with E-state index in [1.54, 1.807) is 0 Å². The van der Waals surface area contributed by atoms with Gasteiger partial charge in [0.05, 0.1) is 4.90 Å². The van der Waals surface area contributed by atoms with E-state index in [4.69, 9.17) is 11.6 Å². The summed E-state index contributed by atoms with van der Waals surface area (Å²) in [4.78, 5) is 12.1. The molecule has 1 atom stereocenters. The van der Waals surface area contributed by atoms with Gasteiger partial charge in [-0.05, 0) is 36.2 Å². The van der Waals surface area contributed by atoms with Gasteiger partial charge in [-0.1, -0.05) is 48.9 Å². The van der Waals surface area contributed by atoms with Crippen LogP contribution in [0.1, 0.15) is 24.8 Å². The maximum absolute atomic E-state index is 12.2. The molecule has 1 N–H and O–H groups in total. The number of hydrogen-bond acceptors (Lipinski definition) is 3. The highest BCUT2D eigenvalue weighted by atomic mass is 35.5. The Hall–Kier alpha value is -1.85. The Morgan fingerprint density at radius 1 is 1.08 bits per heavy atom. The van der Waals surface area contributed by atoms with Gasteiger partial charge in [0.15, 0.2) is 9.84 Å². The first-order chi connectivity index (χ1) is 11.4. The molecule has 2 aromatic rings. The summed E-state index contributed by atoms with van der Waals surface area (Å²) in [6.45, 7) is 2.45. The van der Waals surface area contributed by atoms with Crippen molar-refractivity contribution in [2.45, 2.75) is 24.2 Å². The summed E-state index contributed by atoms with van der Waals surface area (Å²) in [7, 11) is -3.67. The van der Waals surface area contributed by atoms with Crippen molar-refractivity contribution < 1.29 is 13.2 Å². The number of sulfone groups is 1. The minimum Gasteiger partial charge on any atom is -0.355 e. The first-order valence-electron chi connectivity index (χ1n) is 7.72. The second-order valence-electron chi connectivity index (χ2n) is 5.53. The van der Waals surface area contributed by atoms with Gasteiger partial charge in [0.25, 0.3) is 0 Å². The molecule has 0 aliphatic rings. The Kier molecular flexibility index (Phi) is 6.40. The van der Waals surface area contributed by atoms with E-state index in [9.17, 15) is 13.2 Å². The van der Waals surface area contributed by atoms with Crippen LogP contribution < -0.4 is 5.32 Å². The van der Waals surface area contributed by atoms with Crippen molar-refractivity contribution in [1.29, 1.82) is 0 Å². The summed E-state index contributed by atoms with van der Waals surface area (Å²) in [5.41, 5.74) is 1.13. The van der Waals surface area contributed by atoms with Gasteiger partial charge in [-0.15, -0.1) is 0 Å². The normalized spacial score (nSPS) is 12.6. The van der Waals surface area contributed by atoms with E-state index >= 15 is 0 Å². The van der Waals surface area contributed by atoms with Crippen molar-refractivity contribution in [2.75, 3.05) is 12.3 Å². The van der Waals surface area contributed by atoms with Crippen LogP contribution in [0.2, 0.25) is 5.02 Å². The summed E-state index contributed by atoms with van der Waals surface area (Å²) in [6, 6.07) is 15.6. The molecule has 0 radical (unpaired) electrons. The van der Waals surface area contributed by atoms with E-state index in [1.807, 2.05) is 37.3 Å². The number of hydrogen-bond donors (Lipinski definition) is 1. The highest BCUT2D eigenvalue weighted by Crippen LogP contribution is 2.18. The molecule has 0 spiro atoms. The summed E-state index contributed by atoms with van der Waals surface area (Å²) in [6.07, 6.45) is 0.855. The highest BCUT2D eigenvalue weighted by molar-refractivity contribution is 7.92. The van der Waals surface area contributed by atoms with Gasteiger partial charge in [-0.2, -0.15) is 0 Å². The third-order valence-corrected chi connectivity index (χ3v) is 5.69. The maximum atomic E-state index is 12.2. The minimum absolute atomic E-state index is 0.0946. The van der Waals surface area contributed by atoms with Gasteiger partial charge in [0.1, 0.15) is 5.75 Å². The van der Waals surface area contributed by atoms with Gasteiger partial charge in [-0.25, -0.2) is 8.42 Å². The summed E-state index contributed by atoms with van der Waals surface area (Å²) in [5, 5.41) is 3.18. The molecule has 4 nitrogen and oxygen atoms in total. The van der Waals surface area contributed by atoms with Gasteiger partial charge in [0, 0.05) is 17.5 Å². The largest absolute Gasteiger partial charge is 0.355 e. The van der Waals surface area contributed by atoms with Gasteiger partial charge in [-0.3, -0.25) is 4.79 Å². The molecule has 0 bridgehead atoms. The van der Waals surface area contributed by atoms with Crippen molar-refractivity contribution in [3.05, 3.63) is 65.2 Å². The molecule has 6 heteroatoms. The molecule has 0 saturated heterocycles. The van der Waals surface area contributed by atoms with E-state index < -0.39 is 21.5 Å². The van der Waals surface area contributed by atoms with Crippen LogP contribution in [-0.4, -0.2) is 26.6 Å². The minimum atomic E-state index is -3.67. The average Bonchev–Trinajstić information content (AvgIpc) is 2.56. The van der Waals surface area contributed by atoms with Crippen molar-refractivity contribution in [2.24, 2.45) is 0 Å². The summed E-state index contributed by atoms with van der Waals surface area (Å²) < 4.78 is 24.5. The smallest absolute Gasteiger partial charge is 0.235 e. The number of carbonyl (C=O) groups is 1. The van der Waals surface area contributed by atoms with Crippen LogP contribution in [0.15, 0.2) is 59.5 Å². The Morgan fingerprint density at radius 2 is 1.71 bits per heavy atom. The molecular formula is C18H20ClNO3S. The second-order valence-corrected chi connectivity index (χ2v) is 7.96. The molecule has 0 heterocycles. The standard InChI is InChI=1S/C18H20ClNO3S/c1-2-14(15-6-4-3-5-7-15)12-20-18(21)13-24(22,23)17-10-8-16(19)9-11-17/h3-11,14H,2,12-13H2,1H3,(H,20,21). The van der Waals surface area contributed by atoms with Crippen LogP contribution in [0.25, 0.3) is 0 Å². The Bertz CT molecular complexity index is 774. The number of rotatable bonds is 7. The summed E-state index contributed by atoms with van der Waals surface area (Å²) >= 11 is 5.75. The lowest BCUT2D eigenvalue weighted by Crippen LogP contribution is -2.33. The Morgan fingerprint density at radius 3 is 2.29 bits per heavy atom. The lowest BCUT2D eigenvalue weighted by atomic mass is 9.96. The number of benzene rings is 2. The number of halogens is 1. The topological polar surface area (TPSA) is 63.2 Å². The number of carbonyl (C=O) groups excluding carboxylic acids is 1. The van der Waals surface area contributed by atoms with Gasteiger partial charge < -0.3 is 5.32 Å². The third-order valence-electron chi connectivity index (χ3n) is 3.80. The van der Waals surface area contributed by atoms with Crippen LogP contribution in [-0.2, 0) is 14.6 Å². The van der Waals surface area contributed by atoms with E-state index in [-0.39, 0.29) is 10.8 Å². The van der Waals surface area contributed by atoms with Crippen molar-refractivity contribution in [3.63, 3.8) is 0 Å². The molecule has 1 amide bonds. The fraction of sp³-hybridized carbons (Fsp3) is 0.278. The van der Waals surface area contributed by atoms with Crippen LogP contribution in [0.5, 0.6) is 0 Å². The van der Waals surface area contributed by atoms with Crippen LogP contribution in [0, 0.1) is 0 Å². The molecule has 2 aromatic carbocycles. The van der Waals surface area contributed by atoms with Crippen LogP contribution in [0.3, 0.4) is 0 Å². The molecule has 0 aliphatic heterocycles. The van der Waals surface area contributed by atoms with E-state index in [0.717, 1.165) is 12.0 Å². The number of nitrogens with one attached hydrogen (secondary N) is 1. The fourth-order valence-electron chi connectivity index (χ4n) is 2.41. The van der Waals surface area contributed by atoms with Gasteiger partial charge in [0.2, 0.25) is 5.91 Å². The molecule has 2 rings (SSSR count). The Balaban J connectivity index is 1.96. The molecular weight excluding hydrogens is 346 g/mol. The second kappa shape index (κ2) is 8.31. The number of amides is 1. The average molecular weight is 366 g/mol. The van der Waals surface area contributed by atoms with Crippen LogP contribution >= 0.6 is 11.6 Å². The molecule has 0 aromatic heterocycles. The predicted molar refractivity (Wildman–Crippen MR) is 96.0 cm³/mol. The third kappa shape index (κ3) is 5.08. The molecule has 1 unspecified atom stereocenters. The molecule has 128 valence electrons. The molecule has 0 fully saturated rings. The zero-order valence-corrected chi connectivity index (χ0v) is 15.0. The first kappa shape index (κ1) is 18.5. The summed E-state index contributed by atoms with van der Waals surface area (Å²) in [5.74, 6) is -0.910. The molecule has 0 aliphatic carbocycles. The zero-order valence-electron chi connectivity index (χ0n) is 13.4. The lowest BCUT2D eigenvalue weighted by Gasteiger charge is -2.16. The van der Waals surface area contributed by atoms with Crippen LogP contribution in [0.4, 0.5) is 0 Å². The van der Waals surface area contributed by atoms with E-state index in [2.05, 4.69) is 5.32 Å². The van der Waals surface area contributed by atoms with Crippen molar-refractivity contribution in [1.82, 2.24) is 5.32 Å². The molecule has 0 saturated carbocycles. The quantitative estimate of drug-likeness (QED) is 0.817. The van der Waals surface area contributed by atoms with E-state index in [1.165, 1.54) is 24.3 Å². The van der Waals surface area contributed by atoms with Crippen molar-refractivity contribution >= 4 is 27.3 Å². The Labute approximate surface area is 147 Å². The van der Waals surface area contributed by atoms with Gasteiger partial charge >= 0.3 is 0 Å².